The van der Waals surface area contributed by atoms with Crippen molar-refractivity contribution in [2.24, 2.45) is 0 Å². The third-order valence-corrected chi connectivity index (χ3v) is 4.57. The minimum Gasteiger partial charge on any atom is -0.347 e. The molecule has 3 aromatic rings. The third-order valence-electron chi connectivity index (χ3n) is 4.57. The van der Waals surface area contributed by atoms with Crippen molar-refractivity contribution in [2.45, 2.75) is 25.9 Å². The minimum atomic E-state index is -0.579. The van der Waals surface area contributed by atoms with E-state index in [0.717, 1.165) is 18.5 Å². The first-order chi connectivity index (χ1) is 13.7. The molecule has 28 heavy (non-hydrogen) atoms. The van der Waals surface area contributed by atoms with Crippen LogP contribution in [-0.2, 0) is 11.3 Å². The molecule has 0 fully saturated rings. The van der Waals surface area contributed by atoms with Gasteiger partial charge in [-0.2, -0.15) is 0 Å². The molecule has 146 valence electrons. The van der Waals surface area contributed by atoms with E-state index in [2.05, 4.69) is 44.9 Å². The van der Waals surface area contributed by atoms with Gasteiger partial charge >= 0.3 is 6.03 Å². The quantitative estimate of drug-likeness (QED) is 0.527. The van der Waals surface area contributed by atoms with Gasteiger partial charge in [0.2, 0.25) is 5.91 Å². The first-order valence-corrected chi connectivity index (χ1v) is 9.60. The number of aryl methyl sites for hydroxylation is 1. The lowest BCUT2D eigenvalue weighted by atomic mass is 10.1. The van der Waals surface area contributed by atoms with Crippen LogP contribution in [0.2, 0.25) is 0 Å². The molecule has 1 unspecified atom stereocenters. The van der Waals surface area contributed by atoms with Crippen molar-refractivity contribution in [1.29, 1.82) is 0 Å². The second-order valence-corrected chi connectivity index (χ2v) is 6.57. The summed E-state index contributed by atoms with van der Waals surface area (Å²) in [5, 5.41) is 9.49. The largest absolute Gasteiger partial charge is 0.347 e. The zero-order valence-electron chi connectivity index (χ0n) is 16.0. The highest BCUT2D eigenvalue weighted by Crippen LogP contribution is 2.16. The zero-order chi connectivity index (χ0) is 19.8. The molecule has 0 saturated carbocycles. The Morgan fingerprint density at radius 2 is 1.75 bits per heavy atom. The Kier molecular flexibility index (Phi) is 6.81. The van der Waals surface area contributed by atoms with E-state index in [1.54, 1.807) is 0 Å². The molecule has 0 bridgehead atoms. The Balaban J connectivity index is 1.60. The van der Waals surface area contributed by atoms with Crippen LogP contribution in [0.5, 0.6) is 0 Å². The normalized spacial score (nSPS) is 11.9. The third kappa shape index (κ3) is 4.98. The summed E-state index contributed by atoms with van der Waals surface area (Å²) in [6.45, 7) is 3.77. The molecule has 0 aliphatic rings. The summed E-state index contributed by atoms with van der Waals surface area (Å²) >= 11 is 0. The first kappa shape index (κ1) is 19.6. The zero-order valence-corrected chi connectivity index (χ0v) is 16.0. The van der Waals surface area contributed by atoms with Gasteiger partial charge in [0.1, 0.15) is 6.04 Å². The number of nitrogens with zero attached hydrogens (tertiary/aromatic N) is 1. The van der Waals surface area contributed by atoms with Crippen LogP contribution in [0.25, 0.3) is 10.9 Å². The van der Waals surface area contributed by atoms with Crippen LogP contribution in [0.4, 0.5) is 4.79 Å². The Labute approximate surface area is 164 Å². The van der Waals surface area contributed by atoms with Crippen LogP contribution >= 0.6 is 0 Å². The summed E-state index contributed by atoms with van der Waals surface area (Å²) in [5.74, 6) is -0.358. The molecule has 1 atom stereocenters. The van der Waals surface area contributed by atoms with E-state index < -0.39 is 12.1 Å². The van der Waals surface area contributed by atoms with E-state index in [4.69, 9.17) is 0 Å². The number of hydrogen-bond acceptors (Lipinski definition) is 3. The SMILES string of the molecule is CCNC(=O)NC(=O)C(NCCCn1ccc2ccccc21)c1ccccc1. The van der Waals surface area contributed by atoms with E-state index in [-0.39, 0.29) is 5.91 Å². The average Bonchev–Trinajstić information content (AvgIpc) is 3.12. The molecule has 1 aromatic heterocycles. The lowest BCUT2D eigenvalue weighted by Gasteiger charge is -2.18. The van der Waals surface area contributed by atoms with Crippen LogP contribution in [0.3, 0.4) is 0 Å². The lowest BCUT2D eigenvalue weighted by Crippen LogP contribution is -2.45. The number of hydrogen-bond donors (Lipinski definition) is 3. The van der Waals surface area contributed by atoms with Gasteiger partial charge in [-0.15, -0.1) is 0 Å². The van der Waals surface area contributed by atoms with E-state index in [1.165, 1.54) is 10.9 Å². The summed E-state index contributed by atoms with van der Waals surface area (Å²) in [4.78, 5) is 24.3. The van der Waals surface area contributed by atoms with E-state index >= 15 is 0 Å². The number of amides is 3. The summed E-state index contributed by atoms with van der Waals surface area (Å²) in [7, 11) is 0. The molecular weight excluding hydrogens is 352 g/mol. The van der Waals surface area contributed by atoms with Crippen LogP contribution < -0.4 is 16.0 Å². The lowest BCUT2D eigenvalue weighted by molar-refractivity contribution is -0.122. The highest BCUT2D eigenvalue weighted by molar-refractivity contribution is 5.97. The molecule has 0 radical (unpaired) electrons. The number of aromatic nitrogens is 1. The number of fused-ring (bicyclic) bond motifs is 1. The number of rotatable bonds is 8. The maximum absolute atomic E-state index is 12.6. The number of carbonyl (C=O) groups excluding carboxylic acids is 2. The van der Waals surface area contributed by atoms with Crippen LogP contribution in [-0.4, -0.2) is 29.6 Å². The Bertz CT molecular complexity index is 920. The number of nitrogens with one attached hydrogen (secondary N) is 3. The molecule has 3 rings (SSSR count). The van der Waals surface area contributed by atoms with Gasteiger partial charge in [0.25, 0.3) is 0 Å². The number of imide groups is 1. The fraction of sp³-hybridized carbons (Fsp3) is 0.273. The van der Waals surface area contributed by atoms with Crippen molar-refractivity contribution in [2.75, 3.05) is 13.1 Å². The molecular formula is C22H26N4O2. The molecule has 3 N–H and O–H groups in total. The Hall–Kier alpha value is -3.12. The number of para-hydroxylation sites is 1. The van der Waals surface area contributed by atoms with Gasteiger partial charge in [-0.3, -0.25) is 10.1 Å². The van der Waals surface area contributed by atoms with Crippen LogP contribution in [0.15, 0.2) is 66.9 Å². The van der Waals surface area contributed by atoms with E-state index in [9.17, 15) is 9.59 Å². The molecule has 3 amide bonds. The molecule has 6 nitrogen and oxygen atoms in total. The van der Waals surface area contributed by atoms with Crippen molar-refractivity contribution in [1.82, 2.24) is 20.5 Å². The number of benzene rings is 2. The van der Waals surface area contributed by atoms with Crippen molar-refractivity contribution in [3.05, 3.63) is 72.4 Å². The van der Waals surface area contributed by atoms with Gasteiger partial charge in [0.15, 0.2) is 0 Å². The van der Waals surface area contributed by atoms with Crippen molar-refractivity contribution in [3.8, 4) is 0 Å². The molecule has 6 heteroatoms. The molecule has 0 aliphatic heterocycles. The van der Waals surface area contributed by atoms with Gasteiger partial charge in [0, 0.05) is 24.8 Å². The number of carbonyl (C=O) groups is 2. The van der Waals surface area contributed by atoms with Gasteiger partial charge in [-0.05, 0) is 43.0 Å². The first-order valence-electron chi connectivity index (χ1n) is 9.60. The molecule has 1 heterocycles. The maximum Gasteiger partial charge on any atom is 0.321 e. The minimum absolute atomic E-state index is 0.358. The highest BCUT2D eigenvalue weighted by Gasteiger charge is 2.21. The topological polar surface area (TPSA) is 75.2 Å². The van der Waals surface area contributed by atoms with E-state index in [0.29, 0.717) is 13.1 Å². The van der Waals surface area contributed by atoms with Crippen molar-refractivity contribution < 1.29 is 9.59 Å². The fourth-order valence-corrected chi connectivity index (χ4v) is 3.23. The molecule has 0 saturated heterocycles. The second-order valence-electron chi connectivity index (χ2n) is 6.57. The summed E-state index contributed by atoms with van der Waals surface area (Å²) < 4.78 is 2.21. The fourth-order valence-electron chi connectivity index (χ4n) is 3.23. The molecule has 2 aromatic carbocycles. The summed E-state index contributed by atoms with van der Waals surface area (Å²) in [6, 6.07) is 18.8. The molecule has 0 spiro atoms. The monoisotopic (exact) mass is 378 g/mol. The van der Waals surface area contributed by atoms with Crippen LogP contribution in [0.1, 0.15) is 24.9 Å². The van der Waals surface area contributed by atoms with Gasteiger partial charge in [0.05, 0.1) is 0 Å². The Morgan fingerprint density at radius 3 is 2.54 bits per heavy atom. The highest BCUT2D eigenvalue weighted by atomic mass is 16.2. The standard InChI is InChI=1S/C22H26N4O2/c1-2-23-22(28)25-21(27)20(18-10-4-3-5-11-18)24-14-8-15-26-16-13-17-9-6-7-12-19(17)26/h3-7,9-13,16,20,24H,2,8,14-15H2,1H3,(H2,23,25,27,28). The van der Waals surface area contributed by atoms with Gasteiger partial charge < -0.3 is 15.2 Å². The van der Waals surface area contributed by atoms with Gasteiger partial charge in [-0.25, -0.2) is 4.79 Å². The number of urea groups is 1. The second kappa shape index (κ2) is 9.71. The van der Waals surface area contributed by atoms with Crippen molar-refractivity contribution >= 4 is 22.8 Å². The summed E-state index contributed by atoms with van der Waals surface area (Å²) in [6.07, 6.45) is 2.94. The van der Waals surface area contributed by atoms with E-state index in [1.807, 2.05) is 49.4 Å². The smallest absolute Gasteiger partial charge is 0.321 e. The maximum atomic E-state index is 12.6. The average molecular weight is 378 g/mol. The molecule has 0 aliphatic carbocycles. The van der Waals surface area contributed by atoms with Crippen LogP contribution in [0, 0.1) is 0 Å². The summed E-state index contributed by atoms with van der Waals surface area (Å²) in [5.41, 5.74) is 2.03. The van der Waals surface area contributed by atoms with Crippen molar-refractivity contribution in [3.63, 3.8) is 0 Å². The predicted octanol–water partition coefficient (Wildman–Crippen LogP) is 3.21. The predicted molar refractivity (Wildman–Crippen MR) is 111 cm³/mol. The Morgan fingerprint density at radius 1 is 1.00 bits per heavy atom. The van der Waals surface area contributed by atoms with Gasteiger partial charge in [-0.1, -0.05) is 48.5 Å².